The van der Waals surface area contributed by atoms with Crippen LogP contribution in [0.5, 0.6) is 0 Å². The fourth-order valence-electron chi connectivity index (χ4n) is 1.03. The molecular weight excluding hydrogens is 174 g/mol. The third-order valence-electron chi connectivity index (χ3n) is 1.97. The van der Waals surface area contributed by atoms with E-state index in [4.69, 9.17) is 5.73 Å². The van der Waals surface area contributed by atoms with Crippen molar-refractivity contribution < 1.29 is 4.79 Å². The van der Waals surface area contributed by atoms with Crippen LogP contribution in [0, 0.1) is 5.92 Å². The molecule has 1 rings (SSSR count). The predicted octanol–water partition coefficient (Wildman–Crippen LogP) is 2.21. The molecule has 1 aromatic rings. The van der Waals surface area contributed by atoms with E-state index in [9.17, 15) is 4.79 Å². The van der Waals surface area contributed by atoms with Gasteiger partial charge in [0.1, 0.15) is 0 Å². The van der Waals surface area contributed by atoms with Crippen molar-refractivity contribution in [1.82, 2.24) is 0 Å². The summed E-state index contributed by atoms with van der Waals surface area (Å²) < 4.78 is 0. The van der Waals surface area contributed by atoms with Gasteiger partial charge in [-0.2, -0.15) is 0 Å². The quantitative estimate of drug-likeness (QED) is 0.741. The van der Waals surface area contributed by atoms with Crippen LogP contribution in [0.3, 0.4) is 0 Å². The molecular formula is C12H15NO. The van der Waals surface area contributed by atoms with Gasteiger partial charge in [-0.1, -0.05) is 44.2 Å². The highest BCUT2D eigenvalue weighted by molar-refractivity contribution is 5.97. The number of allylic oxidation sites excluding steroid dienone is 1. The first-order chi connectivity index (χ1) is 6.61. The Morgan fingerprint density at radius 1 is 1.29 bits per heavy atom. The number of carbonyl (C=O) groups is 1. The van der Waals surface area contributed by atoms with Gasteiger partial charge in [0.15, 0.2) is 5.78 Å². The van der Waals surface area contributed by atoms with Crippen molar-refractivity contribution in [3.8, 4) is 0 Å². The first kappa shape index (κ1) is 10.5. The molecule has 1 aromatic carbocycles. The van der Waals surface area contributed by atoms with Crippen LogP contribution < -0.4 is 5.73 Å². The molecule has 0 aliphatic rings. The van der Waals surface area contributed by atoms with E-state index in [0.29, 0.717) is 5.70 Å². The van der Waals surface area contributed by atoms with Crippen molar-refractivity contribution in [2.24, 2.45) is 11.7 Å². The number of hydrogen-bond acceptors (Lipinski definition) is 2. The van der Waals surface area contributed by atoms with Gasteiger partial charge >= 0.3 is 0 Å². The van der Waals surface area contributed by atoms with Crippen LogP contribution in [-0.4, -0.2) is 5.78 Å². The summed E-state index contributed by atoms with van der Waals surface area (Å²) in [5.41, 5.74) is 7.20. The van der Waals surface area contributed by atoms with Crippen LogP contribution in [0.4, 0.5) is 0 Å². The standard InChI is InChI=1S/C12H15NO/c1-9(2)12(14)8-11(13)10-6-4-3-5-7-10/h3-9H,13H2,1-2H3/b11-8+. The Kier molecular flexibility index (Phi) is 3.46. The zero-order chi connectivity index (χ0) is 10.6. The van der Waals surface area contributed by atoms with Gasteiger partial charge in [-0.3, -0.25) is 4.79 Å². The summed E-state index contributed by atoms with van der Waals surface area (Å²) in [6.07, 6.45) is 1.50. The third kappa shape index (κ3) is 2.73. The average Bonchev–Trinajstić information content (AvgIpc) is 2.19. The molecule has 0 amide bonds. The zero-order valence-corrected chi connectivity index (χ0v) is 8.53. The maximum absolute atomic E-state index is 11.4. The molecule has 2 nitrogen and oxygen atoms in total. The van der Waals surface area contributed by atoms with Crippen LogP contribution >= 0.6 is 0 Å². The molecule has 0 aliphatic carbocycles. The molecule has 0 unspecified atom stereocenters. The molecule has 0 aromatic heterocycles. The fraction of sp³-hybridized carbons (Fsp3) is 0.250. The minimum atomic E-state index is -0.00253. The second-order valence-electron chi connectivity index (χ2n) is 3.52. The fourth-order valence-corrected chi connectivity index (χ4v) is 1.03. The highest BCUT2D eigenvalue weighted by Crippen LogP contribution is 2.09. The lowest BCUT2D eigenvalue weighted by Crippen LogP contribution is -2.07. The summed E-state index contributed by atoms with van der Waals surface area (Å²) in [6.45, 7) is 3.72. The third-order valence-corrected chi connectivity index (χ3v) is 1.97. The van der Waals surface area contributed by atoms with Crippen LogP contribution in [-0.2, 0) is 4.79 Å². The number of carbonyl (C=O) groups excluding carboxylic acids is 1. The van der Waals surface area contributed by atoms with Gasteiger partial charge in [-0.05, 0) is 5.56 Å². The molecule has 0 heterocycles. The van der Waals surface area contributed by atoms with E-state index >= 15 is 0 Å². The lowest BCUT2D eigenvalue weighted by Gasteiger charge is -2.02. The van der Waals surface area contributed by atoms with Gasteiger partial charge in [0.2, 0.25) is 0 Å². The Morgan fingerprint density at radius 2 is 1.86 bits per heavy atom. The smallest absolute Gasteiger partial charge is 0.160 e. The minimum Gasteiger partial charge on any atom is -0.398 e. The molecule has 0 fully saturated rings. The lowest BCUT2D eigenvalue weighted by atomic mass is 10.1. The monoisotopic (exact) mass is 189 g/mol. The summed E-state index contributed by atoms with van der Waals surface area (Å²) in [4.78, 5) is 11.4. The molecule has 2 N–H and O–H groups in total. The van der Waals surface area contributed by atoms with Crippen molar-refractivity contribution in [3.63, 3.8) is 0 Å². The molecule has 0 saturated carbocycles. The van der Waals surface area contributed by atoms with E-state index in [1.807, 2.05) is 44.2 Å². The summed E-state index contributed by atoms with van der Waals surface area (Å²) in [7, 11) is 0. The first-order valence-electron chi connectivity index (χ1n) is 4.67. The van der Waals surface area contributed by atoms with Crippen molar-refractivity contribution in [3.05, 3.63) is 42.0 Å². The second kappa shape index (κ2) is 4.61. The first-order valence-corrected chi connectivity index (χ1v) is 4.67. The number of nitrogens with two attached hydrogens (primary N) is 1. The Labute approximate surface area is 84.4 Å². The van der Waals surface area contributed by atoms with Crippen LogP contribution in [0.25, 0.3) is 5.70 Å². The van der Waals surface area contributed by atoms with E-state index in [1.54, 1.807) is 0 Å². The highest BCUT2D eigenvalue weighted by Gasteiger charge is 2.04. The molecule has 0 radical (unpaired) electrons. The molecule has 0 bridgehead atoms. The topological polar surface area (TPSA) is 43.1 Å². The number of hydrogen-bond donors (Lipinski definition) is 1. The summed E-state index contributed by atoms with van der Waals surface area (Å²) in [5, 5.41) is 0. The SMILES string of the molecule is CC(C)C(=O)/C=C(/N)c1ccccc1. The highest BCUT2D eigenvalue weighted by atomic mass is 16.1. The summed E-state index contributed by atoms with van der Waals surface area (Å²) in [5.74, 6) is 0.0589. The zero-order valence-electron chi connectivity index (χ0n) is 8.53. The van der Waals surface area contributed by atoms with Crippen molar-refractivity contribution in [2.45, 2.75) is 13.8 Å². The molecule has 0 spiro atoms. The lowest BCUT2D eigenvalue weighted by molar-refractivity contribution is -0.117. The van der Waals surface area contributed by atoms with Crippen molar-refractivity contribution in [2.75, 3.05) is 0 Å². The van der Waals surface area contributed by atoms with Gasteiger partial charge in [0.05, 0.1) is 0 Å². The predicted molar refractivity (Wildman–Crippen MR) is 58.5 cm³/mol. The largest absolute Gasteiger partial charge is 0.398 e. The maximum Gasteiger partial charge on any atom is 0.160 e. The van der Waals surface area contributed by atoms with Gasteiger partial charge < -0.3 is 5.73 Å². The average molecular weight is 189 g/mol. The number of rotatable bonds is 3. The molecule has 0 aliphatic heterocycles. The normalized spacial score (nSPS) is 11.8. The Bertz CT molecular complexity index is 339. The van der Waals surface area contributed by atoms with E-state index in [-0.39, 0.29) is 11.7 Å². The summed E-state index contributed by atoms with van der Waals surface area (Å²) in [6, 6.07) is 9.49. The van der Waals surface area contributed by atoms with E-state index < -0.39 is 0 Å². The number of benzene rings is 1. The maximum atomic E-state index is 11.4. The molecule has 74 valence electrons. The molecule has 0 saturated heterocycles. The van der Waals surface area contributed by atoms with Gasteiger partial charge in [-0.15, -0.1) is 0 Å². The van der Waals surface area contributed by atoms with E-state index in [2.05, 4.69) is 0 Å². The summed E-state index contributed by atoms with van der Waals surface area (Å²) >= 11 is 0. The van der Waals surface area contributed by atoms with Crippen LogP contribution in [0.2, 0.25) is 0 Å². The van der Waals surface area contributed by atoms with E-state index in [0.717, 1.165) is 5.56 Å². The van der Waals surface area contributed by atoms with Crippen LogP contribution in [0.1, 0.15) is 19.4 Å². The van der Waals surface area contributed by atoms with Crippen LogP contribution in [0.15, 0.2) is 36.4 Å². The van der Waals surface area contributed by atoms with Gasteiger partial charge in [-0.25, -0.2) is 0 Å². The Balaban J connectivity index is 2.85. The molecule has 0 atom stereocenters. The number of ketones is 1. The Hall–Kier alpha value is -1.57. The molecule has 2 heteroatoms. The van der Waals surface area contributed by atoms with Gasteiger partial charge in [0.25, 0.3) is 0 Å². The Morgan fingerprint density at radius 3 is 2.36 bits per heavy atom. The van der Waals surface area contributed by atoms with Crippen molar-refractivity contribution >= 4 is 11.5 Å². The van der Waals surface area contributed by atoms with Crippen molar-refractivity contribution in [1.29, 1.82) is 0 Å². The van der Waals surface area contributed by atoms with E-state index in [1.165, 1.54) is 6.08 Å². The second-order valence-corrected chi connectivity index (χ2v) is 3.52. The van der Waals surface area contributed by atoms with Gasteiger partial charge in [0, 0.05) is 17.7 Å². The minimum absolute atomic E-state index is 0.00253. The molecule has 14 heavy (non-hydrogen) atoms.